The molecule has 0 atom stereocenters. The first-order valence-electron chi connectivity index (χ1n) is 8.62. The van der Waals surface area contributed by atoms with Gasteiger partial charge in [-0.1, -0.05) is 19.8 Å². The van der Waals surface area contributed by atoms with Crippen LogP contribution in [0, 0.1) is 0 Å². The molecule has 6 heteroatoms. The highest BCUT2D eigenvalue weighted by atomic mass is 16.2. The lowest BCUT2D eigenvalue weighted by Gasteiger charge is -2.35. The Morgan fingerprint density at radius 1 is 1.27 bits per heavy atom. The minimum absolute atomic E-state index is 0.203. The zero-order valence-corrected chi connectivity index (χ0v) is 13.7. The van der Waals surface area contributed by atoms with Crippen LogP contribution in [0.5, 0.6) is 0 Å². The molecule has 0 aromatic carbocycles. The Kier molecular flexibility index (Phi) is 4.64. The molecule has 1 N–H and O–H groups in total. The minimum atomic E-state index is 0.203. The summed E-state index contributed by atoms with van der Waals surface area (Å²) in [6.07, 6.45) is 7.66. The Hall–Kier alpha value is -1.59. The molecule has 6 nitrogen and oxygen atoms in total. The summed E-state index contributed by atoms with van der Waals surface area (Å²) >= 11 is 0. The summed E-state index contributed by atoms with van der Waals surface area (Å²) in [7, 11) is 1.97. The number of aryl methyl sites for hydroxylation is 1. The van der Waals surface area contributed by atoms with Crippen LogP contribution in [0.25, 0.3) is 0 Å². The monoisotopic (exact) mass is 305 g/mol. The Morgan fingerprint density at radius 3 is 2.55 bits per heavy atom. The predicted molar refractivity (Wildman–Crippen MR) is 84.7 cm³/mol. The van der Waals surface area contributed by atoms with Gasteiger partial charge in [0.15, 0.2) is 5.82 Å². The van der Waals surface area contributed by atoms with E-state index < -0.39 is 0 Å². The van der Waals surface area contributed by atoms with E-state index in [1.165, 1.54) is 12.8 Å². The molecule has 1 aromatic heterocycles. The van der Waals surface area contributed by atoms with Gasteiger partial charge in [0.05, 0.1) is 0 Å². The molecule has 1 aromatic rings. The fourth-order valence-electron chi connectivity index (χ4n) is 3.65. The fraction of sp³-hybridized carbons (Fsp3) is 0.812. The van der Waals surface area contributed by atoms with E-state index in [1.54, 1.807) is 0 Å². The van der Waals surface area contributed by atoms with Crippen LogP contribution >= 0.6 is 0 Å². The van der Waals surface area contributed by atoms with Crippen LogP contribution in [0.1, 0.15) is 63.0 Å². The molecule has 2 fully saturated rings. The van der Waals surface area contributed by atoms with Gasteiger partial charge < -0.3 is 9.80 Å². The molecule has 0 spiro atoms. The molecule has 0 unspecified atom stereocenters. The number of hydrogen-bond acceptors (Lipinski definition) is 3. The van der Waals surface area contributed by atoms with Crippen molar-refractivity contribution < 1.29 is 4.79 Å². The number of carbonyl (C=O) groups is 1. The maximum absolute atomic E-state index is 12.6. The molecule has 1 saturated heterocycles. The summed E-state index contributed by atoms with van der Waals surface area (Å²) in [5.74, 6) is 2.26. The number of rotatable bonds is 3. The molecule has 1 saturated carbocycles. The Bertz CT molecular complexity index is 500. The SMILES string of the molecule is CCc1nc(C2CCN(C(=O)N(C)C3CCCC3)CC2)n[nH]1. The minimum Gasteiger partial charge on any atom is -0.325 e. The summed E-state index contributed by atoms with van der Waals surface area (Å²) in [5.41, 5.74) is 0. The van der Waals surface area contributed by atoms with Crippen LogP contribution in [0.2, 0.25) is 0 Å². The highest BCUT2D eigenvalue weighted by molar-refractivity contribution is 5.74. The Morgan fingerprint density at radius 2 is 1.95 bits per heavy atom. The van der Waals surface area contributed by atoms with Gasteiger partial charge in [-0.2, -0.15) is 5.10 Å². The van der Waals surface area contributed by atoms with E-state index in [2.05, 4.69) is 22.1 Å². The van der Waals surface area contributed by atoms with Crippen LogP contribution in [-0.2, 0) is 6.42 Å². The average molecular weight is 305 g/mol. The van der Waals surface area contributed by atoms with Gasteiger partial charge in [0, 0.05) is 38.5 Å². The number of aromatic nitrogens is 3. The van der Waals surface area contributed by atoms with Crippen LogP contribution in [0.15, 0.2) is 0 Å². The maximum atomic E-state index is 12.6. The Balaban J connectivity index is 1.53. The molecule has 2 heterocycles. The average Bonchev–Trinajstić information content (AvgIpc) is 3.25. The smallest absolute Gasteiger partial charge is 0.319 e. The summed E-state index contributed by atoms with van der Waals surface area (Å²) in [5, 5.41) is 7.32. The number of nitrogens with zero attached hydrogens (tertiary/aromatic N) is 4. The van der Waals surface area contributed by atoms with Crippen LogP contribution in [0.3, 0.4) is 0 Å². The van der Waals surface area contributed by atoms with Gasteiger partial charge in [0.2, 0.25) is 0 Å². The van der Waals surface area contributed by atoms with E-state index in [4.69, 9.17) is 0 Å². The number of carbonyl (C=O) groups excluding carboxylic acids is 1. The second-order valence-electron chi connectivity index (χ2n) is 6.59. The zero-order valence-electron chi connectivity index (χ0n) is 13.7. The summed E-state index contributed by atoms with van der Waals surface area (Å²) in [6, 6.07) is 0.653. The molecular weight excluding hydrogens is 278 g/mol. The van der Waals surface area contributed by atoms with E-state index in [-0.39, 0.29) is 6.03 Å². The number of hydrogen-bond donors (Lipinski definition) is 1. The third-order valence-corrected chi connectivity index (χ3v) is 5.19. The highest BCUT2D eigenvalue weighted by Crippen LogP contribution is 2.28. The standard InChI is InChI=1S/C16H27N5O/c1-3-14-17-15(19-18-14)12-8-10-21(11-9-12)16(22)20(2)13-6-4-5-7-13/h12-13H,3-11H2,1-2H3,(H,17,18,19). The number of amides is 2. The lowest BCUT2D eigenvalue weighted by molar-refractivity contribution is 0.134. The largest absolute Gasteiger partial charge is 0.325 e. The van der Waals surface area contributed by atoms with Gasteiger partial charge in [-0.3, -0.25) is 5.10 Å². The zero-order chi connectivity index (χ0) is 15.5. The topological polar surface area (TPSA) is 65.1 Å². The van der Waals surface area contributed by atoms with Gasteiger partial charge in [0.1, 0.15) is 5.82 Å². The van der Waals surface area contributed by atoms with E-state index >= 15 is 0 Å². The summed E-state index contributed by atoms with van der Waals surface area (Å²) in [6.45, 7) is 3.71. The van der Waals surface area contributed by atoms with Gasteiger partial charge >= 0.3 is 6.03 Å². The molecule has 1 aliphatic carbocycles. The van der Waals surface area contributed by atoms with Crippen molar-refractivity contribution >= 4 is 6.03 Å². The second kappa shape index (κ2) is 6.67. The van der Waals surface area contributed by atoms with E-state index in [0.717, 1.165) is 56.8 Å². The summed E-state index contributed by atoms with van der Waals surface area (Å²) < 4.78 is 0. The van der Waals surface area contributed by atoms with Crippen molar-refractivity contribution in [2.75, 3.05) is 20.1 Å². The van der Waals surface area contributed by atoms with E-state index in [9.17, 15) is 4.79 Å². The van der Waals surface area contributed by atoms with E-state index in [1.807, 2.05) is 16.8 Å². The van der Waals surface area contributed by atoms with Crippen LogP contribution in [-0.4, -0.2) is 57.2 Å². The van der Waals surface area contributed by atoms with Crippen molar-refractivity contribution in [2.24, 2.45) is 0 Å². The number of aromatic amines is 1. The van der Waals surface area contributed by atoms with E-state index in [0.29, 0.717) is 12.0 Å². The van der Waals surface area contributed by atoms with Crippen molar-refractivity contribution in [3.05, 3.63) is 11.6 Å². The Labute approximate surface area is 132 Å². The van der Waals surface area contributed by atoms with Crippen molar-refractivity contribution in [1.29, 1.82) is 0 Å². The van der Waals surface area contributed by atoms with Crippen molar-refractivity contribution in [3.63, 3.8) is 0 Å². The summed E-state index contributed by atoms with van der Waals surface area (Å²) in [4.78, 5) is 21.1. The number of H-pyrrole nitrogens is 1. The predicted octanol–water partition coefficient (Wildman–Crippen LogP) is 2.54. The van der Waals surface area contributed by atoms with Gasteiger partial charge in [0.25, 0.3) is 0 Å². The number of urea groups is 1. The van der Waals surface area contributed by atoms with Crippen molar-refractivity contribution in [1.82, 2.24) is 25.0 Å². The fourth-order valence-corrected chi connectivity index (χ4v) is 3.65. The number of piperidine rings is 1. The lowest BCUT2D eigenvalue weighted by Crippen LogP contribution is -2.48. The van der Waals surface area contributed by atoms with Crippen LogP contribution in [0.4, 0.5) is 4.79 Å². The van der Waals surface area contributed by atoms with Gasteiger partial charge in [-0.25, -0.2) is 9.78 Å². The molecule has 22 heavy (non-hydrogen) atoms. The molecule has 2 aliphatic rings. The first kappa shape index (κ1) is 15.3. The molecular formula is C16H27N5O. The van der Waals surface area contributed by atoms with Gasteiger partial charge in [-0.15, -0.1) is 0 Å². The third-order valence-electron chi connectivity index (χ3n) is 5.19. The number of likely N-dealkylation sites (tertiary alicyclic amines) is 1. The van der Waals surface area contributed by atoms with Crippen molar-refractivity contribution in [3.8, 4) is 0 Å². The maximum Gasteiger partial charge on any atom is 0.319 e. The normalized spacial score (nSPS) is 20.5. The molecule has 2 amide bonds. The quantitative estimate of drug-likeness (QED) is 0.933. The molecule has 0 bridgehead atoms. The molecule has 1 aliphatic heterocycles. The molecule has 0 radical (unpaired) electrons. The molecule has 3 rings (SSSR count). The number of nitrogens with one attached hydrogen (secondary N) is 1. The third kappa shape index (κ3) is 3.10. The van der Waals surface area contributed by atoms with Crippen LogP contribution < -0.4 is 0 Å². The highest BCUT2D eigenvalue weighted by Gasteiger charge is 2.30. The second-order valence-corrected chi connectivity index (χ2v) is 6.59. The van der Waals surface area contributed by atoms with Gasteiger partial charge in [-0.05, 0) is 25.7 Å². The first-order chi connectivity index (χ1) is 10.7. The lowest BCUT2D eigenvalue weighted by atomic mass is 9.96. The molecule has 122 valence electrons. The first-order valence-corrected chi connectivity index (χ1v) is 8.62. The van der Waals surface area contributed by atoms with Crippen molar-refractivity contribution in [2.45, 2.75) is 63.8 Å².